The van der Waals surface area contributed by atoms with Crippen LogP contribution in [-0.2, 0) is 4.74 Å². The van der Waals surface area contributed by atoms with E-state index in [4.69, 9.17) is 9.72 Å². The van der Waals surface area contributed by atoms with E-state index in [1.165, 1.54) is 25.0 Å². The molecule has 2 aliphatic rings. The number of pyridine rings is 1. The van der Waals surface area contributed by atoms with Crippen LogP contribution in [0.2, 0.25) is 0 Å². The first-order valence-corrected chi connectivity index (χ1v) is 8.39. The van der Waals surface area contributed by atoms with E-state index in [1.54, 1.807) is 0 Å². The van der Waals surface area contributed by atoms with Crippen LogP contribution >= 0.6 is 0 Å². The fourth-order valence-corrected chi connectivity index (χ4v) is 3.38. The Morgan fingerprint density at radius 1 is 1.13 bits per heavy atom. The molecule has 23 heavy (non-hydrogen) atoms. The molecular formula is C17H19N5O. The van der Waals surface area contributed by atoms with Crippen LogP contribution in [0.25, 0.3) is 22.3 Å². The molecule has 2 fully saturated rings. The number of nitrogens with zero attached hydrogens (tertiary/aromatic N) is 4. The highest BCUT2D eigenvalue weighted by molar-refractivity contribution is 5.78. The number of rotatable bonds is 3. The lowest BCUT2D eigenvalue weighted by Gasteiger charge is -2.23. The fourth-order valence-electron chi connectivity index (χ4n) is 3.38. The second-order valence-corrected chi connectivity index (χ2v) is 6.49. The standard InChI is InChI=1S/C17H19N5O/c1-2-8-23-15(3-1)22-17-12(9-19-22)6-7-14(20-17)13-10-18-21-16(13)11-4-5-11/h6-7,9-11,15H,1-5,8H2,(H,18,21). The third kappa shape index (κ3) is 2.25. The summed E-state index contributed by atoms with van der Waals surface area (Å²) < 4.78 is 7.81. The molecule has 118 valence electrons. The smallest absolute Gasteiger partial charge is 0.161 e. The highest BCUT2D eigenvalue weighted by Crippen LogP contribution is 2.43. The largest absolute Gasteiger partial charge is 0.356 e. The Bertz CT molecular complexity index is 842. The van der Waals surface area contributed by atoms with Crippen molar-refractivity contribution in [3.63, 3.8) is 0 Å². The van der Waals surface area contributed by atoms with Crippen molar-refractivity contribution in [2.45, 2.75) is 44.2 Å². The molecule has 0 radical (unpaired) electrons. The van der Waals surface area contributed by atoms with E-state index in [-0.39, 0.29) is 6.23 Å². The van der Waals surface area contributed by atoms with Crippen molar-refractivity contribution in [1.29, 1.82) is 0 Å². The lowest BCUT2D eigenvalue weighted by atomic mass is 10.1. The summed E-state index contributed by atoms with van der Waals surface area (Å²) in [6.07, 6.45) is 9.57. The summed E-state index contributed by atoms with van der Waals surface area (Å²) in [5, 5.41) is 12.9. The topological polar surface area (TPSA) is 68.6 Å². The van der Waals surface area contributed by atoms with Gasteiger partial charge in [0.1, 0.15) is 0 Å². The van der Waals surface area contributed by atoms with Crippen LogP contribution in [0.1, 0.15) is 49.9 Å². The molecule has 1 unspecified atom stereocenters. The second-order valence-electron chi connectivity index (χ2n) is 6.49. The minimum Gasteiger partial charge on any atom is -0.356 e. The quantitative estimate of drug-likeness (QED) is 0.805. The van der Waals surface area contributed by atoms with Crippen molar-refractivity contribution < 1.29 is 4.74 Å². The van der Waals surface area contributed by atoms with E-state index in [9.17, 15) is 0 Å². The molecule has 1 saturated carbocycles. The maximum atomic E-state index is 5.87. The Hall–Kier alpha value is -2.21. The van der Waals surface area contributed by atoms with Gasteiger partial charge >= 0.3 is 0 Å². The van der Waals surface area contributed by atoms with Crippen LogP contribution in [0.5, 0.6) is 0 Å². The molecule has 1 aliphatic carbocycles. The Labute approximate surface area is 133 Å². The third-order valence-corrected chi connectivity index (χ3v) is 4.80. The van der Waals surface area contributed by atoms with E-state index < -0.39 is 0 Å². The summed E-state index contributed by atoms with van der Waals surface area (Å²) in [6, 6.07) is 4.15. The van der Waals surface area contributed by atoms with Crippen molar-refractivity contribution in [1.82, 2.24) is 25.0 Å². The Balaban J connectivity index is 1.59. The first kappa shape index (κ1) is 13.2. The fraction of sp³-hybridized carbons (Fsp3) is 0.471. The van der Waals surface area contributed by atoms with Crippen molar-refractivity contribution in [3.05, 3.63) is 30.2 Å². The molecule has 0 aromatic carbocycles. The zero-order valence-electron chi connectivity index (χ0n) is 12.9. The number of ether oxygens (including phenoxy) is 1. The number of H-pyrrole nitrogens is 1. The maximum absolute atomic E-state index is 5.87. The monoisotopic (exact) mass is 309 g/mol. The normalized spacial score (nSPS) is 21.8. The molecule has 6 nitrogen and oxygen atoms in total. The van der Waals surface area contributed by atoms with Crippen molar-refractivity contribution >= 4 is 11.0 Å². The molecule has 1 N–H and O–H groups in total. The summed E-state index contributed by atoms with van der Waals surface area (Å²) >= 11 is 0. The van der Waals surface area contributed by atoms with E-state index in [2.05, 4.69) is 27.4 Å². The zero-order chi connectivity index (χ0) is 15.2. The lowest BCUT2D eigenvalue weighted by Crippen LogP contribution is -2.19. The van der Waals surface area contributed by atoms with Gasteiger partial charge in [0.2, 0.25) is 0 Å². The van der Waals surface area contributed by atoms with Gasteiger partial charge in [-0.2, -0.15) is 10.2 Å². The van der Waals surface area contributed by atoms with E-state index in [1.807, 2.05) is 17.1 Å². The zero-order valence-corrected chi connectivity index (χ0v) is 12.9. The van der Waals surface area contributed by atoms with E-state index in [0.717, 1.165) is 41.7 Å². The summed E-state index contributed by atoms with van der Waals surface area (Å²) in [4.78, 5) is 4.88. The SMILES string of the molecule is c1cc2cnn(C3CCCCO3)c2nc1-c1cn[nH]c1C1CC1. The summed E-state index contributed by atoms with van der Waals surface area (Å²) in [7, 11) is 0. The Morgan fingerprint density at radius 3 is 2.91 bits per heavy atom. The predicted molar refractivity (Wildman–Crippen MR) is 85.9 cm³/mol. The summed E-state index contributed by atoms with van der Waals surface area (Å²) in [5.74, 6) is 0.622. The van der Waals surface area contributed by atoms with Crippen LogP contribution < -0.4 is 0 Å². The second kappa shape index (κ2) is 5.16. The van der Waals surface area contributed by atoms with Crippen molar-refractivity contribution in [3.8, 4) is 11.3 Å². The van der Waals surface area contributed by atoms with Gasteiger partial charge in [-0.3, -0.25) is 5.10 Å². The maximum Gasteiger partial charge on any atom is 0.161 e. The molecule has 0 amide bonds. The molecular weight excluding hydrogens is 290 g/mol. The summed E-state index contributed by atoms with van der Waals surface area (Å²) in [5.41, 5.74) is 4.20. The molecule has 5 rings (SSSR count). The van der Waals surface area contributed by atoms with Gasteiger partial charge in [-0.05, 0) is 44.2 Å². The lowest BCUT2D eigenvalue weighted by molar-refractivity contribution is -0.0370. The van der Waals surface area contributed by atoms with E-state index in [0.29, 0.717) is 5.92 Å². The van der Waals surface area contributed by atoms with Crippen LogP contribution in [0, 0.1) is 0 Å². The molecule has 3 aromatic heterocycles. The average molecular weight is 309 g/mol. The van der Waals surface area contributed by atoms with E-state index >= 15 is 0 Å². The molecule has 1 aliphatic heterocycles. The number of hydrogen-bond donors (Lipinski definition) is 1. The molecule has 3 aromatic rings. The summed E-state index contributed by atoms with van der Waals surface area (Å²) in [6.45, 7) is 0.805. The minimum absolute atomic E-state index is 0.0104. The first-order valence-electron chi connectivity index (χ1n) is 8.39. The Morgan fingerprint density at radius 2 is 2.09 bits per heavy atom. The van der Waals surface area contributed by atoms with Gasteiger partial charge in [0, 0.05) is 29.2 Å². The van der Waals surface area contributed by atoms with Gasteiger partial charge in [-0.15, -0.1) is 0 Å². The molecule has 0 bridgehead atoms. The number of hydrogen-bond acceptors (Lipinski definition) is 4. The third-order valence-electron chi connectivity index (χ3n) is 4.80. The van der Waals surface area contributed by atoms with Crippen molar-refractivity contribution in [2.75, 3.05) is 6.61 Å². The molecule has 6 heteroatoms. The van der Waals surface area contributed by atoms with Crippen molar-refractivity contribution in [2.24, 2.45) is 0 Å². The molecule has 0 spiro atoms. The van der Waals surface area contributed by atoms with Gasteiger partial charge in [-0.25, -0.2) is 9.67 Å². The van der Waals surface area contributed by atoms with Crippen LogP contribution in [-0.4, -0.2) is 31.6 Å². The number of fused-ring (bicyclic) bond motifs is 1. The number of aromatic nitrogens is 5. The van der Waals surface area contributed by atoms with Crippen LogP contribution in [0.15, 0.2) is 24.5 Å². The molecule has 1 saturated heterocycles. The highest BCUT2D eigenvalue weighted by Gasteiger charge is 2.29. The molecule has 1 atom stereocenters. The number of aromatic amines is 1. The number of nitrogens with one attached hydrogen (secondary N) is 1. The van der Waals surface area contributed by atoms with Gasteiger partial charge in [-0.1, -0.05) is 0 Å². The van der Waals surface area contributed by atoms with Gasteiger partial charge in [0.15, 0.2) is 11.9 Å². The van der Waals surface area contributed by atoms with Gasteiger partial charge in [0.05, 0.1) is 18.1 Å². The van der Waals surface area contributed by atoms with Crippen LogP contribution in [0.3, 0.4) is 0 Å². The molecule has 4 heterocycles. The predicted octanol–water partition coefficient (Wildman–Crippen LogP) is 3.40. The Kier molecular flexibility index (Phi) is 2.97. The minimum atomic E-state index is 0.0104. The first-order chi connectivity index (χ1) is 11.4. The van der Waals surface area contributed by atoms with Gasteiger partial charge in [0.25, 0.3) is 0 Å². The average Bonchev–Trinajstić information content (AvgIpc) is 3.18. The highest BCUT2D eigenvalue weighted by atomic mass is 16.5. The van der Waals surface area contributed by atoms with Crippen LogP contribution in [0.4, 0.5) is 0 Å². The van der Waals surface area contributed by atoms with Gasteiger partial charge < -0.3 is 4.74 Å².